The minimum Gasteiger partial charge on any atom is -0.494 e. The molecule has 4 nitrogen and oxygen atoms in total. The molecule has 4 heteroatoms. The Kier molecular flexibility index (Phi) is 3.29. The van der Waals surface area contributed by atoms with Crippen molar-refractivity contribution in [2.45, 2.75) is 6.92 Å². The fourth-order valence-electron chi connectivity index (χ4n) is 2.19. The zero-order valence-corrected chi connectivity index (χ0v) is 11.2. The van der Waals surface area contributed by atoms with Gasteiger partial charge in [-0.25, -0.2) is 0 Å². The largest absolute Gasteiger partial charge is 0.494 e. The first-order valence-corrected chi connectivity index (χ1v) is 6.56. The van der Waals surface area contributed by atoms with E-state index in [1.54, 1.807) is 11.0 Å². The van der Waals surface area contributed by atoms with Crippen molar-refractivity contribution in [1.29, 1.82) is 0 Å². The Labute approximate surface area is 117 Å². The topological polar surface area (TPSA) is 38.8 Å². The number of hydrogen-bond acceptors (Lipinski definition) is 3. The molecule has 0 saturated carbocycles. The molecule has 0 spiro atoms. The number of nitrogens with zero attached hydrogens (tertiary/aromatic N) is 1. The number of fused-ring (bicyclic) bond motifs is 1. The normalized spacial score (nSPS) is 13.7. The van der Waals surface area contributed by atoms with Crippen molar-refractivity contribution < 1.29 is 14.3 Å². The van der Waals surface area contributed by atoms with Crippen LogP contribution in [0.15, 0.2) is 48.5 Å². The highest BCUT2D eigenvalue weighted by molar-refractivity contribution is 6.08. The van der Waals surface area contributed by atoms with Crippen molar-refractivity contribution in [1.82, 2.24) is 0 Å². The molecule has 0 aliphatic carbocycles. The summed E-state index contributed by atoms with van der Waals surface area (Å²) in [4.78, 5) is 14.1. The molecule has 0 atom stereocenters. The number of carbonyl (C=O) groups is 1. The molecule has 102 valence electrons. The second-order valence-electron chi connectivity index (χ2n) is 4.43. The van der Waals surface area contributed by atoms with Crippen LogP contribution < -0.4 is 14.4 Å². The van der Waals surface area contributed by atoms with Crippen LogP contribution in [-0.2, 0) is 0 Å². The lowest BCUT2D eigenvalue weighted by Gasteiger charge is -2.28. The van der Waals surface area contributed by atoms with E-state index in [4.69, 9.17) is 9.47 Å². The maximum Gasteiger partial charge on any atom is 0.264 e. The second-order valence-corrected chi connectivity index (χ2v) is 4.43. The fourth-order valence-corrected chi connectivity index (χ4v) is 2.19. The first kappa shape index (κ1) is 12.5. The van der Waals surface area contributed by atoms with Crippen molar-refractivity contribution in [3.05, 3.63) is 54.1 Å². The van der Waals surface area contributed by atoms with Crippen LogP contribution in [-0.4, -0.2) is 19.2 Å². The van der Waals surface area contributed by atoms with E-state index < -0.39 is 0 Å². The predicted molar refractivity (Wildman–Crippen MR) is 76.4 cm³/mol. The molecule has 1 heterocycles. The zero-order valence-electron chi connectivity index (χ0n) is 11.2. The van der Waals surface area contributed by atoms with Gasteiger partial charge in [0.05, 0.1) is 12.2 Å². The van der Waals surface area contributed by atoms with Crippen LogP contribution in [0.25, 0.3) is 0 Å². The molecule has 0 bridgehead atoms. The molecule has 2 aromatic carbocycles. The first-order valence-electron chi connectivity index (χ1n) is 6.56. The van der Waals surface area contributed by atoms with Crippen molar-refractivity contribution in [2.75, 3.05) is 18.2 Å². The van der Waals surface area contributed by atoms with E-state index in [0.717, 1.165) is 11.4 Å². The molecule has 0 unspecified atom stereocenters. The summed E-state index contributed by atoms with van der Waals surface area (Å²) in [6, 6.07) is 14.7. The van der Waals surface area contributed by atoms with Crippen LogP contribution in [0.3, 0.4) is 0 Å². The molecule has 0 aromatic heterocycles. The Morgan fingerprint density at radius 3 is 2.65 bits per heavy atom. The molecule has 1 aliphatic heterocycles. The van der Waals surface area contributed by atoms with Crippen molar-refractivity contribution in [3.8, 4) is 11.5 Å². The van der Waals surface area contributed by atoms with Crippen LogP contribution in [0.1, 0.15) is 17.3 Å². The Bertz CT molecular complexity index is 622. The lowest BCUT2D eigenvalue weighted by molar-refractivity contribution is 0.0937. The van der Waals surface area contributed by atoms with E-state index in [1.807, 2.05) is 49.4 Å². The highest BCUT2D eigenvalue weighted by atomic mass is 16.5. The molecule has 0 N–H and O–H groups in total. The Hall–Kier alpha value is -2.49. The van der Waals surface area contributed by atoms with Gasteiger partial charge in [-0.3, -0.25) is 9.69 Å². The summed E-state index contributed by atoms with van der Waals surface area (Å²) in [5, 5.41) is 0. The number of carbonyl (C=O) groups excluding carboxylic acids is 1. The molecule has 0 fully saturated rings. The molecule has 2 aromatic rings. The molecular formula is C16H15NO3. The number of hydrogen-bond donors (Lipinski definition) is 0. The van der Waals surface area contributed by atoms with Crippen molar-refractivity contribution >= 4 is 11.6 Å². The quantitative estimate of drug-likeness (QED) is 0.859. The number of anilines is 1. The SMILES string of the molecule is CCOc1ccc(N2COc3ccccc3C2=O)cc1. The van der Waals surface area contributed by atoms with Crippen LogP contribution in [0, 0.1) is 0 Å². The number of rotatable bonds is 3. The van der Waals surface area contributed by atoms with E-state index in [-0.39, 0.29) is 12.6 Å². The number of benzene rings is 2. The molecule has 1 amide bonds. The minimum atomic E-state index is -0.0454. The van der Waals surface area contributed by atoms with E-state index in [2.05, 4.69) is 0 Å². The average molecular weight is 269 g/mol. The Balaban J connectivity index is 1.87. The van der Waals surface area contributed by atoms with Gasteiger partial charge in [-0.15, -0.1) is 0 Å². The molecule has 3 rings (SSSR count). The van der Waals surface area contributed by atoms with E-state index in [1.165, 1.54) is 0 Å². The molecule has 0 saturated heterocycles. The van der Waals surface area contributed by atoms with Gasteiger partial charge in [-0.2, -0.15) is 0 Å². The molecule has 0 radical (unpaired) electrons. The highest BCUT2D eigenvalue weighted by Crippen LogP contribution is 2.28. The Morgan fingerprint density at radius 2 is 1.90 bits per heavy atom. The summed E-state index contributed by atoms with van der Waals surface area (Å²) < 4.78 is 11.0. The number of amides is 1. The van der Waals surface area contributed by atoms with E-state index in [9.17, 15) is 4.79 Å². The monoisotopic (exact) mass is 269 g/mol. The van der Waals surface area contributed by atoms with E-state index in [0.29, 0.717) is 17.9 Å². The van der Waals surface area contributed by atoms with Gasteiger partial charge in [0.25, 0.3) is 5.91 Å². The molecule has 1 aliphatic rings. The Morgan fingerprint density at radius 1 is 1.15 bits per heavy atom. The molecule has 20 heavy (non-hydrogen) atoms. The third kappa shape index (κ3) is 2.20. The van der Waals surface area contributed by atoms with Crippen LogP contribution in [0.2, 0.25) is 0 Å². The van der Waals surface area contributed by atoms with Gasteiger partial charge in [0.15, 0.2) is 6.73 Å². The summed E-state index contributed by atoms with van der Waals surface area (Å²) in [6.45, 7) is 2.79. The average Bonchev–Trinajstić information content (AvgIpc) is 2.49. The number of para-hydroxylation sites is 1. The summed E-state index contributed by atoms with van der Waals surface area (Å²) in [5.74, 6) is 1.39. The smallest absolute Gasteiger partial charge is 0.264 e. The fraction of sp³-hybridized carbons (Fsp3) is 0.188. The van der Waals surface area contributed by atoms with Gasteiger partial charge in [-0.1, -0.05) is 12.1 Å². The third-order valence-corrected chi connectivity index (χ3v) is 3.17. The van der Waals surface area contributed by atoms with E-state index >= 15 is 0 Å². The number of ether oxygens (including phenoxy) is 2. The standard InChI is InChI=1S/C16H15NO3/c1-2-19-13-9-7-12(8-10-13)17-11-20-15-6-4-3-5-14(15)16(17)18/h3-10H,2,11H2,1H3. The summed E-state index contributed by atoms with van der Waals surface area (Å²) >= 11 is 0. The van der Waals surface area contributed by atoms with Gasteiger partial charge in [0.2, 0.25) is 0 Å². The summed E-state index contributed by atoms with van der Waals surface area (Å²) in [7, 11) is 0. The van der Waals surface area contributed by atoms with Gasteiger partial charge >= 0.3 is 0 Å². The van der Waals surface area contributed by atoms with Crippen LogP contribution >= 0.6 is 0 Å². The van der Waals surface area contributed by atoms with Gasteiger partial charge < -0.3 is 9.47 Å². The van der Waals surface area contributed by atoms with Gasteiger partial charge in [0, 0.05) is 5.69 Å². The zero-order chi connectivity index (χ0) is 13.9. The maximum atomic E-state index is 12.4. The lowest BCUT2D eigenvalue weighted by Crippen LogP contribution is -2.38. The lowest BCUT2D eigenvalue weighted by atomic mass is 10.1. The summed E-state index contributed by atoms with van der Waals surface area (Å²) in [5.41, 5.74) is 1.39. The van der Waals surface area contributed by atoms with Gasteiger partial charge in [-0.05, 0) is 43.3 Å². The predicted octanol–water partition coefficient (Wildman–Crippen LogP) is 3.08. The first-order chi connectivity index (χ1) is 9.79. The van der Waals surface area contributed by atoms with Gasteiger partial charge in [0.1, 0.15) is 11.5 Å². The summed E-state index contributed by atoms with van der Waals surface area (Å²) in [6.07, 6.45) is 0. The highest BCUT2D eigenvalue weighted by Gasteiger charge is 2.26. The van der Waals surface area contributed by atoms with Crippen molar-refractivity contribution in [3.63, 3.8) is 0 Å². The minimum absolute atomic E-state index is 0.0454. The third-order valence-electron chi connectivity index (χ3n) is 3.17. The maximum absolute atomic E-state index is 12.4. The van der Waals surface area contributed by atoms with Crippen LogP contribution in [0.4, 0.5) is 5.69 Å². The van der Waals surface area contributed by atoms with Crippen LogP contribution in [0.5, 0.6) is 11.5 Å². The second kappa shape index (κ2) is 5.25. The molecular weight excluding hydrogens is 254 g/mol. The van der Waals surface area contributed by atoms with Crippen molar-refractivity contribution in [2.24, 2.45) is 0 Å².